The highest BCUT2D eigenvalue weighted by Crippen LogP contribution is 2.17. The summed E-state index contributed by atoms with van der Waals surface area (Å²) in [6.45, 7) is 7.95. The number of ether oxygens (including phenoxy) is 1. The van der Waals surface area contributed by atoms with Crippen LogP contribution in [0, 0.1) is 0 Å². The molecule has 2 N–H and O–H groups in total. The summed E-state index contributed by atoms with van der Waals surface area (Å²) in [4.78, 5) is 25.0. The van der Waals surface area contributed by atoms with Crippen molar-refractivity contribution in [3.63, 3.8) is 0 Å². The fourth-order valence-corrected chi connectivity index (χ4v) is 1.76. The number of hydrogen-bond donors (Lipinski definition) is 2. The standard InChI is InChI=1S/C17H25N3O3/c1-12(2)11-23-15-8-6-14(7-9-15)19-17(22)20(5)13(3)10-16(21)18-4/h6-9,13H,1,10-11H2,2-5H3,(H,18,21)(H,19,22)/t13-/m0/s1. The molecule has 1 rings (SSSR count). The first-order chi connectivity index (χ1) is 10.8. The Kier molecular flexibility index (Phi) is 7.12. The number of nitrogens with zero attached hydrogens (tertiary/aromatic N) is 1. The van der Waals surface area contributed by atoms with Crippen molar-refractivity contribution in [2.24, 2.45) is 0 Å². The summed E-state index contributed by atoms with van der Waals surface area (Å²) in [5.74, 6) is 0.614. The smallest absolute Gasteiger partial charge is 0.321 e. The summed E-state index contributed by atoms with van der Waals surface area (Å²) < 4.78 is 5.50. The molecule has 0 aliphatic heterocycles. The molecule has 6 nitrogen and oxygen atoms in total. The Labute approximate surface area is 137 Å². The molecule has 0 saturated carbocycles. The third-order valence-electron chi connectivity index (χ3n) is 3.33. The number of urea groups is 1. The van der Waals surface area contributed by atoms with Crippen molar-refractivity contribution < 1.29 is 14.3 Å². The van der Waals surface area contributed by atoms with Gasteiger partial charge in [0.15, 0.2) is 0 Å². The number of hydrogen-bond acceptors (Lipinski definition) is 3. The molecular formula is C17H25N3O3. The van der Waals surface area contributed by atoms with Gasteiger partial charge in [0.25, 0.3) is 0 Å². The molecular weight excluding hydrogens is 294 g/mol. The first-order valence-electron chi connectivity index (χ1n) is 7.45. The molecule has 1 aromatic rings. The number of rotatable bonds is 7. The molecule has 0 heterocycles. The van der Waals surface area contributed by atoms with Gasteiger partial charge in [-0.25, -0.2) is 4.79 Å². The van der Waals surface area contributed by atoms with Gasteiger partial charge in [-0.1, -0.05) is 6.58 Å². The third-order valence-corrected chi connectivity index (χ3v) is 3.33. The monoisotopic (exact) mass is 319 g/mol. The van der Waals surface area contributed by atoms with Crippen LogP contribution in [0.3, 0.4) is 0 Å². The van der Waals surface area contributed by atoms with Crippen LogP contribution in [0.4, 0.5) is 10.5 Å². The number of benzene rings is 1. The van der Waals surface area contributed by atoms with E-state index in [1.807, 2.05) is 13.8 Å². The van der Waals surface area contributed by atoms with Crippen LogP contribution < -0.4 is 15.4 Å². The zero-order valence-corrected chi connectivity index (χ0v) is 14.2. The molecule has 0 aromatic heterocycles. The summed E-state index contributed by atoms with van der Waals surface area (Å²) in [7, 11) is 3.24. The lowest BCUT2D eigenvalue weighted by atomic mass is 10.2. The van der Waals surface area contributed by atoms with Crippen LogP contribution in [-0.2, 0) is 4.79 Å². The van der Waals surface area contributed by atoms with Crippen LogP contribution in [0.25, 0.3) is 0 Å². The van der Waals surface area contributed by atoms with Crippen molar-refractivity contribution in [1.29, 1.82) is 0 Å². The lowest BCUT2D eigenvalue weighted by molar-refractivity contribution is -0.121. The maximum atomic E-state index is 12.2. The topological polar surface area (TPSA) is 70.7 Å². The molecule has 0 radical (unpaired) electrons. The Morgan fingerprint density at radius 3 is 2.43 bits per heavy atom. The van der Waals surface area contributed by atoms with Crippen LogP contribution >= 0.6 is 0 Å². The van der Waals surface area contributed by atoms with Gasteiger partial charge in [-0.15, -0.1) is 0 Å². The highest BCUT2D eigenvalue weighted by Gasteiger charge is 2.18. The lowest BCUT2D eigenvalue weighted by Gasteiger charge is -2.24. The van der Waals surface area contributed by atoms with E-state index in [2.05, 4.69) is 17.2 Å². The molecule has 0 saturated heterocycles. The molecule has 0 aliphatic carbocycles. The second kappa shape index (κ2) is 8.82. The van der Waals surface area contributed by atoms with E-state index < -0.39 is 0 Å². The van der Waals surface area contributed by atoms with Gasteiger partial charge in [-0.05, 0) is 43.7 Å². The van der Waals surface area contributed by atoms with Crippen molar-refractivity contribution in [1.82, 2.24) is 10.2 Å². The van der Waals surface area contributed by atoms with Crippen molar-refractivity contribution in [2.75, 3.05) is 26.0 Å². The summed E-state index contributed by atoms with van der Waals surface area (Å²) >= 11 is 0. The summed E-state index contributed by atoms with van der Waals surface area (Å²) in [6, 6.07) is 6.63. The van der Waals surface area contributed by atoms with Crippen molar-refractivity contribution in [2.45, 2.75) is 26.3 Å². The molecule has 0 fully saturated rings. The minimum atomic E-state index is -0.267. The van der Waals surface area contributed by atoms with E-state index in [1.165, 1.54) is 4.90 Å². The number of carbonyl (C=O) groups is 2. The molecule has 0 unspecified atom stereocenters. The molecule has 0 bridgehead atoms. The number of carbonyl (C=O) groups excluding carboxylic acids is 2. The van der Waals surface area contributed by atoms with Crippen molar-refractivity contribution >= 4 is 17.6 Å². The Morgan fingerprint density at radius 1 is 1.30 bits per heavy atom. The van der Waals surface area contributed by atoms with Gasteiger partial charge >= 0.3 is 6.03 Å². The molecule has 126 valence electrons. The second-order valence-corrected chi connectivity index (χ2v) is 5.54. The maximum absolute atomic E-state index is 12.2. The minimum Gasteiger partial charge on any atom is -0.489 e. The van der Waals surface area contributed by atoms with Gasteiger partial charge in [-0.3, -0.25) is 4.79 Å². The summed E-state index contributed by atoms with van der Waals surface area (Å²) in [5.41, 5.74) is 1.60. The SMILES string of the molecule is C=C(C)COc1ccc(NC(=O)N(C)[C@@H](C)CC(=O)NC)cc1. The van der Waals surface area contributed by atoms with Crippen LogP contribution in [0.2, 0.25) is 0 Å². The average molecular weight is 319 g/mol. The Hall–Kier alpha value is -2.50. The highest BCUT2D eigenvalue weighted by molar-refractivity contribution is 5.89. The van der Waals surface area contributed by atoms with Gasteiger partial charge < -0.3 is 20.3 Å². The number of nitrogens with one attached hydrogen (secondary N) is 2. The predicted molar refractivity (Wildman–Crippen MR) is 91.7 cm³/mol. The molecule has 23 heavy (non-hydrogen) atoms. The van der Waals surface area contributed by atoms with Crippen molar-refractivity contribution in [3.8, 4) is 5.75 Å². The van der Waals surface area contributed by atoms with Gasteiger partial charge in [0.1, 0.15) is 12.4 Å². The largest absolute Gasteiger partial charge is 0.489 e. The maximum Gasteiger partial charge on any atom is 0.321 e. The van der Waals surface area contributed by atoms with E-state index >= 15 is 0 Å². The fourth-order valence-electron chi connectivity index (χ4n) is 1.76. The van der Waals surface area contributed by atoms with E-state index in [-0.39, 0.29) is 24.4 Å². The van der Waals surface area contributed by atoms with Crippen LogP contribution in [0.15, 0.2) is 36.4 Å². The first kappa shape index (κ1) is 18.5. The van der Waals surface area contributed by atoms with Crippen LogP contribution in [0.1, 0.15) is 20.3 Å². The summed E-state index contributed by atoms with van der Waals surface area (Å²) in [5, 5.41) is 5.34. The Balaban J connectivity index is 2.56. The van der Waals surface area contributed by atoms with E-state index in [4.69, 9.17) is 4.74 Å². The number of amides is 3. The Bertz CT molecular complexity index is 555. The van der Waals surface area contributed by atoms with E-state index in [0.29, 0.717) is 18.0 Å². The quantitative estimate of drug-likeness (QED) is 0.759. The molecule has 0 aliphatic rings. The van der Waals surface area contributed by atoms with E-state index in [9.17, 15) is 9.59 Å². The molecule has 6 heteroatoms. The summed E-state index contributed by atoms with van der Waals surface area (Å²) in [6.07, 6.45) is 0.258. The average Bonchev–Trinajstić information content (AvgIpc) is 2.53. The normalized spacial score (nSPS) is 11.3. The molecule has 0 spiro atoms. The molecule has 1 atom stereocenters. The van der Waals surface area contributed by atoms with E-state index in [0.717, 1.165) is 5.57 Å². The van der Waals surface area contributed by atoms with E-state index in [1.54, 1.807) is 38.4 Å². The third kappa shape index (κ3) is 6.42. The van der Waals surface area contributed by atoms with Crippen molar-refractivity contribution in [3.05, 3.63) is 36.4 Å². The van der Waals surface area contributed by atoms with Gasteiger partial charge in [0.05, 0.1) is 0 Å². The number of anilines is 1. The van der Waals surface area contributed by atoms with Gasteiger partial charge in [-0.2, -0.15) is 0 Å². The zero-order valence-electron chi connectivity index (χ0n) is 14.2. The van der Waals surface area contributed by atoms with Gasteiger partial charge in [0.2, 0.25) is 5.91 Å². The van der Waals surface area contributed by atoms with Crippen LogP contribution in [0.5, 0.6) is 5.75 Å². The Morgan fingerprint density at radius 2 is 1.91 bits per heavy atom. The second-order valence-electron chi connectivity index (χ2n) is 5.54. The molecule has 3 amide bonds. The molecule has 1 aromatic carbocycles. The van der Waals surface area contributed by atoms with Crippen LogP contribution in [-0.4, -0.2) is 43.6 Å². The first-order valence-corrected chi connectivity index (χ1v) is 7.45. The minimum absolute atomic E-state index is 0.101. The zero-order chi connectivity index (χ0) is 17.4. The fraction of sp³-hybridized carbons (Fsp3) is 0.412. The lowest BCUT2D eigenvalue weighted by Crippen LogP contribution is -2.40. The highest BCUT2D eigenvalue weighted by atomic mass is 16.5. The predicted octanol–water partition coefficient (Wildman–Crippen LogP) is 2.63. The van der Waals surface area contributed by atoms with Gasteiger partial charge in [0, 0.05) is 32.2 Å².